The lowest BCUT2D eigenvalue weighted by atomic mass is 10.8. The molecule has 0 saturated carbocycles. The molecule has 0 aromatic heterocycles. The van der Waals surface area contributed by atoms with Gasteiger partial charge in [-0.3, -0.25) is 4.57 Å². The summed E-state index contributed by atoms with van der Waals surface area (Å²) in [5, 5.41) is 9.07. The molecular formula is C4H9Cl2O4P. The second kappa shape index (κ2) is 4.65. The van der Waals surface area contributed by atoms with E-state index in [1.165, 1.54) is 0 Å². The van der Waals surface area contributed by atoms with Crippen LogP contribution in [0.4, 0.5) is 0 Å². The van der Waals surface area contributed by atoms with Gasteiger partial charge in [0.1, 0.15) is 4.84 Å². The minimum atomic E-state index is -3.54. The highest BCUT2D eigenvalue weighted by molar-refractivity contribution is 7.54. The van der Waals surface area contributed by atoms with Gasteiger partial charge >= 0.3 is 7.60 Å². The van der Waals surface area contributed by atoms with Crippen LogP contribution in [0.3, 0.4) is 0 Å². The SMILES string of the molecule is COP(=O)(OC)[C@H](O)C(Cl)Cl. The van der Waals surface area contributed by atoms with Crippen molar-refractivity contribution in [2.75, 3.05) is 14.2 Å². The zero-order chi connectivity index (χ0) is 9.07. The van der Waals surface area contributed by atoms with Gasteiger partial charge in [-0.1, -0.05) is 0 Å². The van der Waals surface area contributed by atoms with E-state index in [9.17, 15) is 4.57 Å². The lowest BCUT2D eigenvalue weighted by Crippen LogP contribution is -2.17. The lowest BCUT2D eigenvalue weighted by Gasteiger charge is -2.19. The van der Waals surface area contributed by atoms with Crippen molar-refractivity contribution in [2.24, 2.45) is 0 Å². The fourth-order valence-electron chi connectivity index (χ4n) is 0.429. The molecule has 0 fully saturated rings. The second-order valence-electron chi connectivity index (χ2n) is 1.65. The molecule has 0 aromatic carbocycles. The molecule has 11 heavy (non-hydrogen) atoms. The number of halogens is 2. The van der Waals surface area contributed by atoms with Gasteiger partial charge in [0, 0.05) is 14.2 Å². The molecular weight excluding hydrogens is 214 g/mol. The first kappa shape index (κ1) is 11.7. The van der Waals surface area contributed by atoms with Crippen LogP contribution in [0.5, 0.6) is 0 Å². The van der Waals surface area contributed by atoms with Crippen LogP contribution in [-0.4, -0.2) is 30.0 Å². The van der Waals surface area contributed by atoms with Gasteiger partial charge in [-0.25, -0.2) is 0 Å². The van der Waals surface area contributed by atoms with Crippen molar-refractivity contribution in [1.29, 1.82) is 0 Å². The topological polar surface area (TPSA) is 55.8 Å². The Morgan fingerprint density at radius 2 is 1.73 bits per heavy atom. The van der Waals surface area contributed by atoms with E-state index >= 15 is 0 Å². The summed E-state index contributed by atoms with van der Waals surface area (Å²) in [5.41, 5.74) is 0. The molecule has 7 heteroatoms. The van der Waals surface area contributed by atoms with Crippen molar-refractivity contribution in [2.45, 2.75) is 10.7 Å². The zero-order valence-corrected chi connectivity index (χ0v) is 8.44. The van der Waals surface area contributed by atoms with Crippen molar-refractivity contribution in [3.63, 3.8) is 0 Å². The zero-order valence-electron chi connectivity index (χ0n) is 6.03. The molecule has 0 aliphatic carbocycles. The van der Waals surface area contributed by atoms with Crippen molar-refractivity contribution >= 4 is 30.8 Å². The van der Waals surface area contributed by atoms with Crippen LogP contribution in [0.2, 0.25) is 0 Å². The Balaban J connectivity index is 4.38. The Bertz CT molecular complexity index is 154. The molecule has 1 N–H and O–H groups in total. The number of hydrogen-bond acceptors (Lipinski definition) is 4. The summed E-state index contributed by atoms with van der Waals surface area (Å²) < 4.78 is 20.1. The van der Waals surface area contributed by atoms with Crippen molar-refractivity contribution < 1.29 is 18.7 Å². The maximum atomic E-state index is 11.2. The molecule has 0 rings (SSSR count). The summed E-state index contributed by atoms with van der Waals surface area (Å²) >= 11 is 10.5. The predicted octanol–water partition coefficient (Wildman–Crippen LogP) is 1.59. The van der Waals surface area contributed by atoms with Gasteiger partial charge in [0.05, 0.1) is 0 Å². The molecule has 0 aliphatic heterocycles. The van der Waals surface area contributed by atoms with E-state index in [2.05, 4.69) is 9.05 Å². The predicted molar refractivity (Wildman–Crippen MR) is 43.1 cm³/mol. The summed E-state index contributed by atoms with van der Waals surface area (Å²) in [5.74, 6) is -1.51. The average molecular weight is 223 g/mol. The number of alkyl halides is 2. The third-order valence-corrected chi connectivity index (χ3v) is 3.85. The Labute approximate surface area is 74.9 Å². The first-order valence-electron chi connectivity index (χ1n) is 2.65. The molecule has 0 unspecified atom stereocenters. The van der Waals surface area contributed by atoms with Gasteiger partial charge in [-0.05, 0) is 0 Å². The molecule has 0 radical (unpaired) electrons. The van der Waals surface area contributed by atoms with E-state index in [0.717, 1.165) is 14.2 Å². The van der Waals surface area contributed by atoms with Crippen molar-refractivity contribution in [3.8, 4) is 0 Å². The quantitative estimate of drug-likeness (QED) is 0.580. The fraction of sp³-hybridized carbons (Fsp3) is 1.00. The van der Waals surface area contributed by atoms with Crippen LogP contribution in [0.25, 0.3) is 0 Å². The monoisotopic (exact) mass is 222 g/mol. The largest absolute Gasteiger partial charge is 0.378 e. The second-order valence-corrected chi connectivity index (χ2v) is 5.16. The molecule has 4 nitrogen and oxygen atoms in total. The van der Waals surface area contributed by atoms with Crippen LogP contribution in [0.1, 0.15) is 0 Å². The van der Waals surface area contributed by atoms with Crippen LogP contribution < -0.4 is 0 Å². The molecule has 1 atom stereocenters. The van der Waals surface area contributed by atoms with Gasteiger partial charge in [0.15, 0.2) is 5.85 Å². The molecule has 0 aromatic rings. The number of hydrogen-bond donors (Lipinski definition) is 1. The van der Waals surface area contributed by atoms with E-state index in [-0.39, 0.29) is 0 Å². The highest BCUT2D eigenvalue weighted by atomic mass is 35.5. The number of aliphatic hydroxyl groups is 1. The summed E-state index contributed by atoms with van der Waals surface area (Å²) in [4.78, 5) is -1.19. The number of aliphatic hydroxyl groups excluding tert-OH is 1. The van der Waals surface area contributed by atoms with E-state index in [4.69, 9.17) is 28.3 Å². The third kappa shape index (κ3) is 2.90. The highest BCUT2D eigenvalue weighted by Gasteiger charge is 2.36. The number of rotatable bonds is 4. The highest BCUT2D eigenvalue weighted by Crippen LogP contribution is 2.52. The van der Waals surface area contributed by atoms with E-state index in [1.54, 1.807) is 0 Å². The van der Waals surface area contributed by atoms with Gasteiger partial charge in [0.25, 0.3) is 0 Å². The lowest BCUT2D eigenvalue weighted by molar-refractivity contribution is 0.182. The standard InChI is InChI=1S/C4H9Cl2O4P/c1-9-11(8,10-2)4(7)3(5)6/h3-4,7H,1-2H3/t4-/m0/s1. The van der Waals surface area contributed by atoms with E-state index in [0.29, 0.717) is 0 Å². The van der Waals surface area contributed by atoms with Crippen LogP contribution >= 0.6 is 30.8 Å². The van der Waals surface area contributed by atoms with Gasteiger partial charge in [0.2, 0.25) is 0 Å². The molecule has 0 amide bonds. The summed E-state index contributed by atoms with van der Waals surface area (Å²) in [7, 11) is -1.25. The molecule has 68 valence electrons. The van der Waals surface area contributed by atoms with E-state index in [1.807, 2.05) is 0 Å². The third-order valence-electron chi connectivity index (χ3n) is 1.06. The molecule has 0 spiro atoms. The first-order valence-corrected chi connectivity index (χ1v) is 5.14. The van der Waals surface area contributed by atoms with Gasteiger partial charge < -0.3 is 14.2 Å². The summed E-state index contributed by atoms with van der Waals surface area (Å²) in [6.45, 7) is 0. The normalized spacial score (nSPS) is 15.5. The molecule has 0 aliphatic rings. The molecule has 0 bridgehead atoms. The maximum absolute atomic E-state index is 11.2. The smallest absolute Gasteiger partial charge is 0.361 e. The maximum Gasteiger partial charge on any atom is 0.361 e. The van der Waals surface area contributed by atoms with Crippen LogP contribution in [0.15, 0.2) is 0 Å². The molecule has 0 heterocycles. The van der Waals surface area contributed by atoms with Gasteiger partial charge in [-0.2, -0.15) is 0 Å². The Morgan fingerprint density at radius 1 is 1.36 bits per heavy atom. The minimum absolute atomic E-state index is 1.14. The molecule has 0 saturated heterocycles. The van der Waals surface area contributed by atoms with Crippen molar-refractivity contribution in [3.05, 3.63) is 0 Å². The van der Waals surface area contributed by atoms with Crippen LogP contribution in [0, 0.1) is 0 Å². The van der Waals surface area contributed by atoms with Gasteiger partial charge in [-0.15, -0.1) is 23.2 Å². The summed E-state index contributed by atoms with van der Waals surface area (Å²) in [6, 6.07) is 0. The van der Waals surface area contributed by atoms with E-state index < -0.39 is 18.3 Å². The van der Waals surface area contributed by atoms with Crippen LogP contribution in [-0.2, 0) is 13.6 Å². The Kier molecular flexibility index (Phi) is 4.94. The fourth-order valence-corrected chi connectivity index (χ4v) is 2.11. The minimum Gasteiger partial charge on any atom is -0.378 e. The average Bonchev–Trinajstić information content (AvgIpc) is 2.01. The summed E-state index contributed by atoms with van der Waals surface area (Å²) in [6.07, 6.45) is 0. The Morgan fingerprint density at radius 3 is 1.82 bits per heavy atom. The Hall–Kier alpha value is 0.690. The van der Waals surface area contributed by atoms with Crippen molar-refractivity contribution in [1.82, 2.24) is 0 Å². The first-order chi connectivity index (χ1) is 4.98.